The maximum Gasteiger partial charge on any atom is 0.356 e. The van der Waals surface area contributed by atoms with Crippen LogP contribution in [-0.4, -0.2) is 42.8 Å². The fourth-order valence-corrected chi connectivity index (χ4v) is 5.12. The molecule has 0 radical (unpaired) electrons. The molecule has 3 heterocycles. The van der Waals surface area contributed by atoms with Crippen LogP contribution in [0.4, 0.5) is 0 Å². The Bertz CT molecular complexity index is 1550. The highest BCUT2D eigenvalue weighted by molar-refractivity contribution is 9.10. The summed E-state index contributed by atoms with van der Waals surface area (Å²) in [5.74, 6) is 1.80. The summed E-state index contributed by atoms with van der Waals surface area (Å²) in [4.78, 5) is 17.5. The van der Waals surface area contributed by atoms with Gasteiger partial charge in [-0.1, -0.05) is 43.7 Å². The number of hydrogen-bond donors (Lipinski definition) is 1. The van der Waals surface area contributed by atoms with Crippen LogP contribution in [-0.2, 0) is 17.7 Å². The van der Waals surface area contributed by atoms with Crippen molar-refractivity contribution in [1.29, 1.82) is 0 Å². The number of carbonyl (C=O) groups is 1. The van der Waals surface area contributed by atoms with E-state index in [4.69, 9.17) is 14.1 Å². The van der Waals surface area contributed by atoms with E-state index in [2.05, 4.69) is 49.5 Å². The molecule has 5 aromatic rings. The van der Waals surface area contributed by atoms with E-state index in [1.807, 2.05) is 54.8 Å². The molecule has 0 unspecified atom stereocenters. The van der Waals surface area contributed by atoms with Crippen LogP contribution in [0.5, 0.6) is 0 Å². The van der Waals surface area contributed by atoms with E-state index in [0.29, 0.717) is 36.1 Å². The fourth-order valence-electron chi connectivity index (χ4n) is 4.51. The first-order chi connectivity index (χ1) is 18.0. The molecule has 2 aromatic carbocycles. The zero-order chi connectivity index (χ0) is 25.9. The highest BCUT2D eigenvalue weighted by Crippen LogP contribution is 2.41. The highest BCUT2D eigenvalue weighted by Gasteiger charge is 2.23. The smallest absolute Gasteiger partial charge is 0.356 e. The number of aromatic amines is 1. The molecule has 10 heteroatoms. The van der Waals surface area contributed by atoms with Gasteiger partial charge in [-0.15, -0.1) is 5.10 Å². The molecule has 0 atom stereocenters. The molecule has 0 aliphatic carbocycles. The maximum absolute atomic E-state index is 12.8. The predicted molar refractivity (Wildman–Crippen MR) is 143 cm³/mol. The molecule has 0 fully saturated rings. The van der Waals surface area contributed by atoms with Gasteiger partial charge in [-0.2, -0.15) is 0 Å². The molecule has 0 amide bonds. The monoisotopic (exact) mass is 562 g/mol. The Morgan fingerprint density at radius 2 is 1.97 bits per heavy atom. The molecular formula is C27H27BrN6O3. The maximum atomic E-state index is 12.8. The molecule has 190 valence electrons. The third-order valence-corrected chi connectivity index (χ3v) is 7.04. The Balaban J connectivity index is 1.55. The lowest BCUT2D eigenvalue weighted by atomic mass is 10.0. The van der Waals surface area contributed by atoms with Crippen molar-refractivity contribution in [3.63, 3.8) is 0 Å². The van der Waals surface area contributed by atoms with Gasteiger partial charge in [0.1, 0.15) is 17.2 Å². The fraction of sp³-hybridized carbons (Fsp3) is 0.296. The molecule has 0 aliphatic rings. The number of ether oxygens (including phenoxy) is 1. The third-order valence-electron chi connectivity index (χ3n) is 6.25. The topological polar surface area (TPSA) is 112 Å². The number of nitrogens with one attached hydrogen (secondary N) is 1. The molecule has 0 bridgehead atoms. The van der Waals surface area contributed by atoms with Crippen molar-refractivity contribution >= 4 is 32.9 Å². The minimum Gasteiger partial charge on any atom is -0.461 e. The molecule has 3 aromatic heterocycles. The van der Waals surface area contributed by atoms with E-state index in [1.54, 1.807) is 0 Å². The predicted octanol–water partition coefficient (Wildman–Crippen LogP) is 6.11. The molecule has 0 aliphatic heterocycles. The number of esters is 1. The summed E-state index contributed by atoms with van der Waals surface area (Å²) in [7, 11) is 0. The Kier molecular flexibility index (Phi) is 7.18. The van der Waals surface area contributed by atoms with Crippen molar-refractivity contribution in [2.24, 2.45) is 0 Å². The van der Waals surface area contributed by atoms with Gasteiger partial charge in [0.05, 0.1) is 16.8 Å². The lowest BCUT2D eigenvalue weighted by Crippen LogP contribution is -2.16. The SMILES string of the molecule is CCCCc1nc(C)c(C(=O)OCC)n1Cc1ccc2oc(-c3ccccc3-c3nnn[nH]3)c(Br)c2c1. The van der Waals surface area contributed by atoms with Gasteiger partial charge in [0, 0.05) is 29.5 Å². The minimum absolute atomic E-state index is 0.316. The zero-order valence-corrected chi connectivity index (χ0v) is 22.5. The van der Waals surface area contributed by atoms with Crippen LogP contribution in [0, 0.1) is 6.92 Å². The van der Waals surface area contributed by atoms with E-state index in [0.717, 1.165) is 57.2 Å². The van der Waals surface area contributed by atoms with Gasteiger partial charge in [-0.05, 0) is 64.3 Å². The van der Waals surface area contributed by atoms with E-state index in [-0.39, 0.29) is 5.97 Å². The number of furan rings is 1. The molecule has 1 N–H and O–H groups in total. The van der Waals surface area contributed by atoms with Crippen molar-refractivity contribution in [3.05, 3.63) is 69.7 Å². The largest absolute Gasteiger partial charge is 0.461 e. The number of unbranched alkanes of at least 4 members (excludes halogenated alkanes) is 1. The number of aromatic nitrogens is 6. The summed E-state index contributed by atoms with van der Waals surface area (Å²) < 4.78 is 14.5. The molecule has 37 heavy (non-hydrogen) atoms. The van der Waals surface area contributed by atoms with Gasteiger partial charge < -0.3 is 13.7 Å². The van der Waals surface area contributed by atoms with Crippen molar-refractivity contribution in [1.82, 2.24) is 30.2 Å². The second kappa shape index (κ2) is 10.7. The second-order valence-corrected chi connectivity index (χ2v) is 9.54. The molecular weight excluding hydrogens is 536 g/mol. The normalized spacial score (nSPS) is 11.4. The van der Waals surface area contributed by atoms with Gasteiger partial charge in [-0.25, -0.2) is 14.9 Å². The van der Waals surface area contributed by atoms with Crippen molar-refractivity contribution in [3.8, 4) is 22.7 Å². The van der Waals surface area contributed by atoms with Crippen LogP contribution in [0.3, 0.4) is 0 Å². The number of aryl methyl sites for hydroxylation is 2. The molecule has 9 nitrogen and oxygen atoms in total. The minimum atomic E-state index is -0.346. The lowest BCUT2D eigenvalue weighted by Gasteiger charge is -2.12. The van der Waals surface area contributed by atoms with Crippen LogP contribution in [0.25, 0.3) is 33.7 Å². The summed E-state index contributed by atoms with van der Waals surface area (Å²) in [6.07, 6.45) is 2.84. The average Bonchev–Trinajstić information content (AvgIpc) is 3.62. The highest BCUT2D eigenvalue weighted by atomic mass is 79.9. The molecule has 0 saturated heterocycles. The Labute approximate surface area is 222 Å². The summed E-state index contributed by atoms with van der Waals surface area (Å²) in [5.41, 5.74) is 4.66. The summed E-state index contributed by atoms with van der Waals surface area (Å²) >= 11 is 3.77. The summed E-state index contributed by atoms with van der Waals surface area (Å²) in [6, 6.07) is 13.8. The number of fused-ring (bicyclic) bond motifs is 1. The number of rotatable bonds is 9. The van der Waals surface area contributed by atoms with Crippen LogP contribution in [0.1, 0.15) is 54.3 Å². The average molecular weight is 563 g/mol. The van der Waals surface area contributed by atoms with Crippen LogP contribution < -0.4 is 0 Å². The van der Waals surface area contributed by atoms with Crippen molar-refractivity contribution < 1.29 is 13.9 Å². The lowest BCUT2D eigenvalue weighted by molar-refractivity contribution is 0.0513. The van der Waals surface area contributed by atoms with Gasteiger partial charge in [0.25, 0.3) is 0 Å². The number of nitrogens with zero attached hydrogens (tertiary/aromatic N) is 5. The first-order valence-electron chi connectivity index (χ1n) is 12.3. The van der Waals surface area contributed by atoms with Crippen LogP contribution in [0.2, 0.25) is 0 Å². The number of H-pyrrole nitrogens is 1. The standard InChI is InChI=1S/C27H27BrN6O3/c1-4-6-11-22-29-16(3)24(27(35)36-5-2)34(22)15-17-12-13-21-20(14-17)23(28)25(37-21)18-9-7-8-10-19(18)26-30-32-33-31-26/h7-10,12-14H,4-6,11,15H2,1-3H3,(H,30,31,32,33). The summed E-state index contributed by atoms with van der Waals surface area (Å²) in [5, 5.41) is 15.2. The number of hydrogen-bond acceptors (Lipinski definition) is 7. The van der Waals surface area contributed by atoms with E-state index in [9.17, 15) is 4.79 Å². The van der Waals surface area contributed by atoms with Crippen molar-refractivity contribution in [2.45, 2.75) is 46.6 Å². The number of benzene rings is 2. The van der Waals surface area contributed by atoms with Crippen LogP contribution >= 0.6 is 15.9 Å². The molecule has 0 saturated carbocycles. The van der Waals surface area contributed by atoms with E-state index in [1.165, 1.54) is 0 Å². The third kappa shape index (κ3) is 4.81. The number of carbonyl (C=O) groups excluding carboxylic acids is 1. The van der Waals surface area contributed by atoms with Gasteiger partial charge in [-0.3, -0.25) is 0 Å². The number of imidazole rings is 1. The van der Waals surface area contributed by atoms with Gasteiger partial charge >= 0.3 is 5.97 Å². The van der Waals surface area contributed by atoms with Gasteiger partial charge in [0.15, 0.2) is 11.5 Å². The number of halogens is 1. The quantitative estimate of drug-likeness (QED) is 0.215. The van der Waals surface area contributed by atoms with E-state index >= 15 is 0 Å². The van der Waals surface area contributed by atoms with Crippen molar-refractivity contribution in [2.75, 3.05) is 6.61 Å². The van der Waals surface area contributed by atoms with E-state index < -0.39 is 0 Å². The zero-order valence-electron chi connectivity index (χ0n) is 20.9. The van der Waals surface area contributed by atoms with Crippen LogP contribution in [0.15, 0.2) is 51.4 Å². The van der Waals surface area contributed by atoms with Gasteiger partial charge in [0.2, 0.25) is 0 Å². The first kappa shape index (κ1) is 24.9. The Hall–Kier alpha value is -3.79. The number of tetrazole rings is 1. The molecule has 0 spiro atoms. The second-order valence-electron chi connectivity index (χ2n) is 8.74. The summed E-state index contributed by atoms with van der Waals surface area (Å²) in [6.45, 7) is 6.63. The first-order valence-corrected chi connectivity index (χ1v) is 13.1. The molecule has 5 rings (SSSR count). The Morgan fingerprint density at radius 1 is 1.16 bits per heavy atom. The Morgan fingerprint density at radius 3 is 2.70 bits per heavy atom.